The van der Waals surface area contributed by atoms with Gasteiger partial charge < -0.3 is 10.4 Å². The Kier molecular flexibility index (Phi) is 2.30. The summed E-state index contributed by atoms with van der Waals surface area (Å²) in [5.74, 6) is 0. The molecule has 1 unspecified atom stereocenters. The van der Waals surface area contributed by atoms with Gasteiger partial charge in [0.25, 0.3) is 0 Å². The summed E-state index contributed by atoms with van der Waals surface area (Å²) >= 11 is 0. The fourth-order valence-corrected chi connectivity index (χ4v) is 2.81. The molecule has 0 radical (unpaired) electrons. The topological polar surface area (TPSA) is 32.3 Å². The standard InChI is InChI=1S/C14H19NO/c1-10-2-3-11-6-7-14(9-16,13(11)8-10)15-12-4-5-12/h2-3,8,12,15-16H,4-7,9H2,1H3. The molecule has 1 aromatic rings. The maximum atomic E-state index is 9.77. The van der Waals surface area contributed by atoms with Crippen LogP contribution in [0.5, 0.6) is 0 Å². The number of hydrogen-bond acceptors (Lipinski definition) is 2. The minimum absolute atomic E-state index is 0.150. The van der Waals surface area contributed by atoms with Gasteiger partial charge >= 0.3 is 0 Å². The lowest BCUT2D eigenvalue weighted by atomic mass is 9.91. The quantitative estimate of drug-likeness (QED) is 0.810. The van der Waals surface area contributed by atoms with Gasteiger partial charge in [0.15, 0.2) is 0 Å². The molecule has 2 N–H and O–H groups in total. The normalized spacial score (nSPS) is 28.1. The van der Waals surface area contributed by atoms with Crippen LogP contribution in [0.15, 0.2) is 18.2 Å². The molecule has 1 fully saturated rings. The summed E-state index contributed by atoms with van der Waals surface area (Å²) in [7, 11) is 0. The molecule has 2 nitrogen and oxygen atoms in total. The second-order valence-electron chi connectivity index (χ2n) is 5.32. The lowest BCUT2D eigenvalue weighted by Crippen LogP contribution is -2.45. The SMILES string of the molecule is Cc1ccc2c(c1)C(CO)(NC1CC1)CC2. The van der Waals surface area contributed by atoms with Gasteiger partial charge in [-0.3, -0.25) is 0 Å². The van der Waals surface area contributed by atoms with E-state index < -0.39 is 0 Å². The number of aliphatic hydroxyl groups excluding tert-OH is 1. The van der Waals surface area contributed by atoms with Crippen LogP contribution in [0.25, 0.3) is 0 Å². The molecule has 0 aliphatic heterocycles. The van der Waals surface area contributed by atoms with Crippen LogP contribution in [0.1, 0.15) is 36.0 Å². The van der Waals surface area contributed by atoms with E-state index >= 15 is 0 Å². The zero-order valence-electron chi connectivity index (χ0n) is 9.79. The number of aliphatic hydroxyl groups is 1. The summed E-state index contributed by atoms with van der Waals surface area (Å²) in [6, 6.07) is 7.27. The van der Waals surface area contributed by atoms with Crippen molar-refractivity contribution < 1.29 is 5.11 Å². The van der Waals surface area contributed by atoms with E-state index in [1.54, 1.807) is 0 Å². The molecular formula is C14H19NO. The third kappa shape index (κ3) is 1.57. The Hall–Kier alpha value is -0.860. The molecule has 0 bridgehead atoms. The molecule has 1 atom stereocenters. The molecule has 1 saturated carbocycles. The predicted molar refractivity (Wildman–Crippen MR) is 64.4 cm³/mol. The third-order valence-corrected chi connectivity index (χ3v) is 3.93. The van der Waals surface area contributed by atoms with Gasteiger partial charge in [0.2, 0.25) is 0 Å². The van der Waals surface area contributed by atoms with E-state index in [0.717, 1.165) is 12.8 Å². The molecule has 2 aliphatic carbocycles. The number of aryl methyl sites for hydroxylation is 2. The zero-order chi connectivity index (χ0) is 11.2. The summed E-state index contributed by atoms with van der Waals surface area (Å²) in [5, 5.41) is 13.4. The van der Waals surface area contributed by atoms with E-state index in [9.17, 15) is 5.11 Å². The Morgan fingerprint density at radius 1 is 1.44 bits per heavy atom. The lowest BCUT2D eigenvalue weighted by molar-refractivity contribution is 0.158. The maximum absolute atomic E-state index is 9.77. The van der Waals surface area contributed by atoms with E-state index in [-0.39, 0.29) is 12.1 Å². The summed E-state index contributed by atoms with van der Waals surface area (Å²) in [6.45, 7) is 2.35. The van der Waals surface area contributed by atoms with Crippen LogP contribution in [0.4, 0.5) is 0 Å². The minimum atomic E-state index is -0.150. The summed E-state index contributed by atoms with van der Waals surface area (Å²) in [6.07, 6.45) is 4.67. The molecule has 86 valence electrons. The van der Waals surface area contributed by atoms with E-state index in [1.165, 1.54) is 29.5 Å². The molecule has 2 aliphatic rings. The van der Waals surface area contributed by atoms with Crippen molar-refractivity contribution in [1.29, 1.82) is 0 Å². The van der Waals surface area contributed by atoms with Crippen LogP contribution in [-0.2, 0) is 12.0 Å². The molecule has 3 rings (SSSR count). The highest BCUT2D eigenvalue weighted by molar-refractivity contribution is 5.41. The predicted octanol–water partition coefficient (Wildman–Crippen LogP) is 1.88. The van der Waals surface area contributed by atoms with Gasteiger partial charge in [0.1, 0.15) is 0 Å². The fraction of sp³-hybridized carbons (Fsp3) is 0.571. The number of rotatable bonds is 3. The third-order valence-electron chi connectivity index (χ3n) is 3.93. The van der Waals surface area contributed by atoms with Crippen molar-refractivity contribution in [2.75, 3.05) is 6.61 Å². The van der Waals surface area contributed by atoms with Gasteiger partial charge in [0.05, 0.1) is 12.1 Å². The van der Waals surface area contributed by atoms with Crippen molar-refractivity contribution in [3.05, 3.63) is 34.9 Å². The van der Waals surface area contributed by atoms with Crippen molar-refractivity contribution in [3.63, 3.8) is 0 Å². The van der Waals surface area contributed by atoms with Gasteiger partial charge in [-0.1, -0.05) is 23.8 Å². The van der Waals surface area contributed by atoms with Gasteiger partial charge in [-0.15, -0.1) is 0 Å². The molecule has 0 saturated heterocycles. The summed E-state index contributed by atoms with van der Waals surface area (Å²) in [5.41, 5.74) is 3.88. The van der Waals surface area contributed by atoms with Crippen LogP contribution in [0.3, 0.4) is 0 Å². The first-order valence-corrected chi connectivity index (χ1v) is 6.22. The highest BCUT2D eigenvalue weighted by Gasteiger charge is 2.41. The Labute approximate surface area is 96.7 Å². The zero-order valence-corrected chi connectivity index (χ0v) is 9.79. The van der Waals surface area contributed by atoms with Gasteiger partial charge in [-0.05, 0) is 43.7 Å². The molecule has 0 spiro atoms. The van der Waals surface area contributed by atoms with E-state index in [2.05, 4.69) is 30.4 Å². The second kappa shape index (κ2) is 3.57. The van der Waals surface area contributed by atoms with Crippen LogP contribution in [0, 0.1) is 6.92 Å². The maximum Gasteiger partial charge on any atom is 0.0677 e. The first-order chi connectivity index (χ1) is 7.73. The molecular weight excluding hydrogens is 198 g/mol. The molecule has 0 heterocycles. The average Bonchev–Trinajstić information content (AvgIpc) is 3.02. The monoisotopic (exact) mass is 217 g/mol. The first-order valence-electron chi connectivity index (χ1n) is 6.22. The van der Waals surface area contributed by atoms with Crippen molar-refractivity contribution >= 4 is 0 Å². The number of nitrogens with one attached hydrogen (secondary N) is 1. The number of fused-ring (bicyclic) bond motifs is 1. The second-order valence-corrected chi connectivity index (χ2v) is 5.32. The Morgan fingerprint density at radius 3 is 2.94 bits per heavy atom. The largest absolute Gasteiger partial charge is 0.394 e. The highest BCUT2D eigenvalue weighted by atomic mass is 16.3. The minimum Gasteiger partial charge on any atom is -0.394 e. The van der Waals surface area contributed by atoms with Gasteiger partial charge in [-0.25, -0.2) is 0 Å². The number of benzene rings is 1. The summed E-state index contributed by atoms with van der Waals surface area (Å²) < 4.78 is 0. The smallest absolute Gasteiger partial charge is 0.0677 e. The molecule has 16 heavy (non-hydrogen) atoms. The Morgan fingerprint density at radius 2 is 2.25 bits per heavy atom. The molecule has 1 aromatic carbocycles. The van der Waals surface area contributed by atoms with E-state index in [4.69, 9.17) is 0 Å². The summed E-state index contributed by atoms with van der Waals surface area (Å²) in [4.78, 5) is 0. The van der Waals surface area contributed by atoms with Gasteiger partial charge in [-0.2, -0.15) is 0 Å². The van der Waals surface area contributed by atoms with Gasteiger partial charge in [0, 0.05) is 6.04 Å². The van der Waals surface area contributed by atoms with E-state index in [0.29, 0.717) is 6.04 Å². The highest BCUT2D eigenvalue weighted by Crippen LogP contribution is 2.39. The van der Waals surface area contributed by atoms with Crippen molar-refractivity contribution in [2.24, 2.45) is 0 Å². The van der Waals surface area contributed by atoms with Crippen LogP contribution < -0.4 is 5.32 Å². The molecule has 2 heteroatoms. The molecule has 0 amide bonds. The van der Waals surface area contributed by atoms with E-state index in [1.807, 2.05) is 0 Å². The number of hydrogen-bond donors (Lipinski definition) is 2. The first kappa shape index (κ1) is 10.3. The molecule has 0 aromatic heterocycles. The fourth-order valence-electron chi connectivity index (χ4n) is 2.81. The van der Waals surface area contributed by atoms with Crippen molar-refractivity contribution in [1.82, 2.24) is 5.32 Å². The Balaban J connectivity index is 1.99. The van der Waals surface area contributed by atoms with Crippen molar-refractivity contribution in [3.8, 4) is 0 Å². The lowest BCUT2D eigenvalue weighted by Gasteiger charge is -2.30. The van der Waals surface area contributed by atoms with Crippen LogP contribution in [-0.4, -0.2) is 17.8 Å². The van der Waals surface area contributed by atoms with Crippen LogP contribution in [0.2, 0.25) is 0 Å². The average molecular weight is 217 g/mol. The van der Waals surface area contributed by atoms with Crippen molar-refractivity contribution in [2.45, 2.75) is 44.2 Å². The van der Waals surface area contributed by atoms with Crippen LogP contribution >= 0.6 is 0 Å². The Bertz CT molecular complexity index is 411.